The Bertz CT molecular complexity index is 721. The molecule has 2 aromatic carbocycles. The molecule has 0 aliphatic rings. The highest BCUT2D eigenvalue weighted by Gasteiger charge is 2.08. The van der Waals surface area contributed by atoms with Crippen molar-refractivity contribution in [2.75, 3.05) is 0 Å². The lowest BCUT2D eigenvalue weighted by Gasteiger charge is -2.00. The van der Waals surface area contributed by atoms with Crippen LogP contribution in [-0.4, -0.2) is 15.1 Å². The maximum absolute atomic E-state index is 9.82. The molecular weight excluding hydrogens is 304 g/mol. The van der Waals surface area contributed by atoms with Crippen LogP contribution >= 0.6 is 15.9 Å². The number of phenolic OH excluding ortho intramolecular Hbond substituents is 1. The van der Waals surface area contributed by atoms with Gasteiger partial charge in [-0.05, 0) is 24.3 Å². The number of H-pyrrole nitrogens is 1. The number of nitrogens with zero attached hydrogens (tertiary/aromatic N) is 1. The summed E-state index contributed by atoms with van der Waals surface area (Å²) in [5.41, 5.74) is 2.66. The van der Waals surface area contributed by atoms with Gasteiger partial charge in [0.05, 0.1) is 17.5 Å². The zero-order valence-corrected chi connectivity index (χ0v) is 11.6. The number of halogens is 1. The summed E-state index contributed by atoms with van der Waals surface area (Å²) in [5, 5.41) is 9.82. The summed E-state index contributed by atoms with van der Waals surface area (Å²) in [5.74, 6) is 0.880. The molecule has 3 rings (SSSR count). The van der Waals surface area contributed by atoms with Gasteiger partial charge in [0.15, 0.2) is 0 Å². The van der Waals surface area contributed by atoms with E-state index in [-0.39, 0.29) is 5.75 Å². The minimum absolute atomic E-state index is 0.220. The summed E-state index contributed by atoms with van der Waals surface area (Å²) in [7, 11) is 0. The van der Waals surface area contributed by atoms with Crippen molar-refractivity contribution in [3.63, 3.8) is 0 Å². The molecule has 0 spiro atoms. The molecule has 19 heavy (non-hydrogen) atoms. The van der Waals surface area contributed by atoms with Crippen LogP contribution in [0.4, 0.5) is 0 Å². The zero-order valence-electron chi connectivity index (χ0n) is 9.97. The molecule has 0 amide bonds. The molecule has 94 valence electrons. The molecule has 0 aliphatic heterocycles. The van der Waals surface area contributed by atoms with Gasteiger partial charge in [0, 0.05) is 10.0 Å². The molecule has 2 N–H and O–H groups in total. The zero-order chi connectivity index (χ0) is 13.2. The average Bonchev–Trinajstić information content (AvgIpc) is 2.89. The fraction of sp³-hybridized carbons (Fsp3) is 0. The predicted octanol–water partition coefficient (Wildman–Crippen LogP) is 4.21. The Kier molecular flexibility index (Phi) is 3.09. The summed E-state index contributed by atoms with van der Waals surface area (Å²) in [6.45, 7) is 0. The quantitative estimate of drug-likeness (QED) is 0.744. The minimum atomic E-state index is 0.220. The van der Waals surface area contributed by atoms with Crippen LogP contribution in [0.25, 0.3) is 22.6 Å². The molecule has 0 unspecified atom stereocenters. The van der Waals surface area contributed by atoms with Crippen LogP contribution in [0.3, 0.4) is 0 Å². The molecule has 0 bridgehead atoms. The van der Waals surface area contributed by atoms with Crippen molar-refractivity contribution in [3.05, 3.63) is 59.2 Å². The van der Waals surface area contributed by atoms with E-state index in [1.165, 1.54) is 0 Å². The van der Waals surface area contributed by atoms with Gasteiger partial charge in [0.25, 0.3) is 0 Å². The van der Waals surface area contributed by atoms with E-state index in [0.717, 1.165) is 15.7 Å². The topological polar surface area (TPSA) is 48.9 Å². The van der Waals surface area contributed by atoms with E-state index < -0.39 is 0 Å². The van der Waals surface area contributed by atoms with Gasteiger partial charge in [-0.25, -0.2) is 4.98 Å². The molecule has 0 atom stereocenters. The highest BCUT2D eigenvalue weighted by atomic mass is 79.9. The summed E-state index contributed by atoms with van der Waals surface area (Å²) >= 11 is 3.45. The van der Waals surface area contributed by atoms with Crippen LogP contribution in [0.15, 0.2) is 59.2 Å². The van der Waals surface area contributed by atoms with Crippen LogP contribution in [0.1, 0.15) is 0 Å². The lowest BCUT2D eigenvalue weighted by molar-refractivity contribution is 0.477. The number of nitrogens with one attached hydrogen (secondary N) is 1. The molecule has 0 radical (unpaired) electrons. The van der Waals surface area contributed by atoms with Crippen molar-refractivity contribution in [2.24, 2.45) is 0 Å². The summed E-state index contributed by atoms with van der Waals surface area (Å²) in [6, 6.07) is 15.1. The summed E-state index contributed by atoms with van der Waals surface area (Å²) < 4.78 is 1.02. The van der Waals surface area contributed by atoms with E-state index in [1.807, 2.05) is 36.4 Å². The Morgan fingerprint density at radius 2 is 1.89 bits per heavy atom. The number of hydrogen-bond donors (Lipinski definition) is 2. The molecule has 3 nitrogen and oxygen atoms in total. The van der Waals surface area contributed by atoms with E-state index in [2.05, 4.69) is 25.9 Å². The number of phenols is 1. The highest BCUT2D eigenvalue weighted by Crippen LogP contribution is 2.28. The van der Waals surface area contributed by atoms with Crippen molar-refractivity contribution in [3.8, 4) is 28.4 Å². The van der Waals surface area contributed by atoms with Crippen molar-refractivity contribution in [1.82, 2.24) is 9.97 Å². The van der Waals surface area contributed by atoms with E-state index >= 15 is 0 Å². The van der Waals surface area contributed by atoms with Gasteiger partial charge < -0.3 is 10.1 Å². The SMILES string of the molecule is Oc1ccccc1-c1ncc(-c2cccc(Br)c2)[nH]1. The van der Waals surface area contributed by atoms with Gasteiger partial charge in [-0.1, -0.05) is 40.2 Å². The number of rotatable bonds is 2. The fourth-order valence-electron chi connectivity index (χ4n) is 1.93. The second-order valence-corrected chi connectivity index (χ2v) is 5.09. The van der Waals surface area contributed by atoms with Crippen LogP contribution in [-0.2, 0) is 0 Å². The highest BCUT2D eigenvalue weighted by molar-refractivity contribution is 9.10. The van der Waals surface area contributed by atoms with Gasteiger partial charge in [0.2, 0.25) is 0 Å². The largest absolute Gasteiger partial charge is 0.507 e. The number of aromatic hydroxyl groups is 1. The number of aromatic nitrogens is 2. The van der Waals surface area contributed by atoms with Crippen molar-refractivity contribution < 1.29 is 5.11 Å². The normalized spacial score (nSPS) is 10.6. The van der Waals surface area contributed by atoms with Crippen LogP contribution in [0.2, 0.25) is 0 Å². The Morgan fingerprint density at radius 1 is 1.05 bits per heavy atom. The first kappa shape index (κ1) is 12.0. The molecule has 0 saturated carbocycles. The lowest BCUT2D eigenvalue weighted by Crippen LogP contribution is -1.82. The van der Waals surface area contributed by atoms with Gasteiger partial charge in [-0.15, -0.1) is 0 Å². The molecule has 0 fully saturated rings. The third kappa shape index (κ3) is 2.39. The van der Waals surface area contributed by atoms with Gasteiger partial charge in [0.1, 0.15) is 11.6 Å². The predicted molar refractivity (Wildman–Crippen MR) is 78.8 cm³/mol. The molecule has 3 aromatic rings. The maximum atomic E-state index is 9.82. The summed E-state index contributed by atoms with van der Waals surface area (Å²) in [6.07, 6.45) is 1.77. The van der Waals surface area contributed by atoms with Crippen LogP contribution < -0.4 is 0 Å². The first-order valence-corrected chi connectivity index (χ1v) is 6.62. The first-order valence-electron chi connectivity index (χ1n) is 5.83. The summed E-state index contributed by atoms with van der Waals surface area (Å²) in [4.78, 5) is 7.54. The second-order valence-electron chi connectivity index (χ2n) is 4.17. The lowest BCUT2D eigenvalue weighted by atomic mass is 10.2. The van der Waals surface area contributed by atoms with E-state index in [1.54, 1.807) is 18.3 Å². The monoisotopic (exact) mass is 314 g/mol. The number of hydrogen-bond acceptors (Lipinski definition) is 2. The molecule has 0 aliphatic carbocycles. The average molecular weight is 315 g/mol. The number of imidazole rings is 1. The molecule has 4 heteroatoms. The van der Waals surface area contributed by atoms with E-state index in [0.29, 0.717) is 11.4 Å². The third-order valence-electron chi connectivity index (χ3n) is 2.87. The Balaban J connectivity index is 2.03. The van der Waals surface area contributed by atoms with Crippen molar-refractivity contribution >= 4 is 15.9 Å². The van der Waals surface area contributed by atoms with Gasteiger partial charge >= 0.3 is 0 Å². The molecule has 1 heterocycles. The van der Waals surface area contributed by atoms with Crippen molar-refractivity contribution in [1.29, 1.82) is 0 Å². The minimum Gasteiger partial charge on any atom is -0.507 e. The standard InChI is InChI=1S/C15H11BrN2O/c16-11-5-3-4-10(8-11)13-9-17-15(18-13)12-6-1-2-7-14(12)19/h1-9,19H,(H,17,18). The van der Waals surface area contributed by atoms with E-state index in [9.17, 15) is 5.11 Å². The first-order chi connectivity index (χ1) is 9.24. The third-order valence-corrected chi connectivity index (χ3v) is 3.36. The van der Waals surface area contributed by atoms with Gasteiger partial charge in [-0.2, -0.15) is 0 Å². The Morgan fingerprint density at radius 3 is 2.68 bits per heavy atom. The second kappa shape index (κ2) is 4.90. The number of benzene rings is 2. The maximum Gasteiger partial charge on any atom is 0.141 e. The van der Waals surface area contributed by atoms with Crippen molar-refractivity contribution in [2.45, 2.75) is 0 Å². The Hall–Kier alpha value is -2.07. The number of para-hydroxylation sites is 1. The molecular formula is C15H11BrN2O. The molecule has 0 saturated heterocycles. The van der Waals surface area contributed by atoms with Gasteiger partial charge in [-0.3, -0.25) is 0 Å². The smallest absolute Gasteiger partial charge is 0.141 e. The fourth-order valence-corrected chi connectivity index (χ4v) is 2.33. The molecule has 1 aromatic heterocycles. The number of aromatic amines is 1. The van der Waals surface area contributed by atoms with Crippen LogP contribution in [0.5, 0.6) is 5.75 Å². The Labute approximate surface area is 119 Å². The van der Waals surface area contributed by atoms with Crippen LogP contribution in [0, 0.1) is 0 Å². The van der Waals surface area contributed by atoms with E-state index in [4.69, 9.17) is 0 Å².